The van der Waals surface area contributed by atoms with E-state index in [9.17, 15) is 4.39 Å². The Morgan fingerprint density at radius 2 is 2.18 bits per heavy atom. The van der Waals surface area contributed by atoms with Crippen molar-refractivity contribution >= 4 is 32.2 Å². The van der Waals surface area contributed by atoms with Crippen LogP contribution in [-0.4, -0.2) is 19.8 Å². The zero-order valence-electron chi connectivity index (χ0n) is 8.69. The molecule has 0 radical (unpaired) electrons. The van der Waals surface area contributed by atoms with Crippen molar-refractivity contribution in [3.63, 3.8) is 0 Å². The predicted molar refractivity (Wildman–Crippen MR) is 66.5 cm³/mol. The van der Waals surface area contributed by atoms with Gasteiger partial charge in [0.15, 0.2) is 5.82 Å². The van der Waals surface area contributed by atoms with Gasteiger partial charge in [0.1, 0.15) is 10.8 Å². The second-order valence-electron chi connectivity index (χ2n) is 3.48. The van der Waals surface area contributed by atoms with Crippen LogP contribution in [0.3, 0.4) is 0 Å². The van der Waals surface area contributed by atoms with E-state index in [2.05, 4.69) is 31.2 Å². The Hall–Kier alpha value is -1.34. The maximum atomic E-state index is 13.1. The van der Waals surface area contributed by atoms with Crippen LogP contribution in [0.4, 0.5) is 4.39 Å². The summed E-state index contributed by atoms with van der Waals surface area (Å²) in [7, 11) is 0. The minimum Gasteiger partial charge on any atom is -0.206 e. The third-order valence-electron chi connectivity index (χ3n) is 2.31. The smallest absolute Gasteiger partial charge is 0.206 e. The summed E-state index contributed by atoms with van der Waals surface area (Å²) in [6.07, 6.45) is 0. The lowest BCUT2D eigenvalue weighted by atomic mass is 10.2. The quantitative estimate of drug-likeness (QED) is 0.693. The van der Waals surface area contributed by atoms with Crippen molar-refractivity contribution in [3.8, 4) is 10.6 Å². The lowest BCUT2D eigenvalue weighted by Gasteiger charge is -1.97. The van der Waals surface area contributed by atoms with Crippen LogP contribution in [0.15, 0.2) is 22.7 Å². The van der Waals surface area contributed by atoms with Crippen LogP contribution in [0.1, 0.15) is 5.82 Å². The highest BCUT2D eigenvalue weighted by Gasteiger charge is 2.11. The summed E-state index contributed by atoms with van der Waals surface area (Å²) >= 11 is 4.58. The second-order valence-corrected chi connectivity index (χ2v) is 5.29. The fourth-order valence-electron chi connectivity index (χ4n) is 1.46. The van der Waals surface area contributed by atoms with Crippen LogP contribution in [0, 0.1) is 12.7 Å². The largest absolute Gasteiger partial charge is 0.234 e. The van der Waals surface area contributed by atoms with Crippen molar-refractivity contribution in [2.45, 2.75) is 6.92 Å². The van der Waals surface area contributed by atoms with Gasteiger partial charge in [-0.05, 0) is 41.1 Å². The summed E-state index contributed by atoms with van der Waals surface area (Å²) in [6, 6.07) is 4.81. The molecule has 0 fully saturated rings. The normalized spacial score (nSPS) is 11.2. The second kappa shape index (κ2) is 3.85. The van der Waals surface area contributed by atoms with Gasteiger partial charge >= 0.3 is 0 Å². The van der Waals surface area contributed by atoms with Gasteiger partial charge in [0.25, 0.3) is 0 Å². The van der Waals surface area contributed by atoms with Gasteiger partial charge < -0.3 is 0 Å². The van der Waals surface area contributed by atoms with Crippen LogP contribution in [-0.2, 0) is 0 Å². The number of aromatic nitrogens is 4. The predicted octanol–water partition coefficient (Wildman–Crippen LogP) is 3.06. The fourth-order valence-corrected chi connectivity index (χ4v) is 2.72. The number of fused-ring (bicyclic) bond motifs is 1. The lowest BCUT2D eigenvalue weighted by molar-refractivity contribution is 0.621. The van der Waals surface area contributed by atoms with E-state index in [0.29, 0.717) is 4.47 Å². The maximum Gasteiger partial charge on any atom is 0.234 e. The highest BCUT2D eigenvalue weighted by Crippen LogP contribution is 2.28. The summed E-state index contributed by atoms with van der Waals surface area (Å²) in [5, 5.41) is 13.1. The monoisotopic (exact) mass is 312 g/mol. The van der Waals surface area contributed by atoms with Crippen molar-refractivity contribution in [2.75, 3.05) is 0 Å². The molecule has 0 saturated heterocycles. The van der Waals surface area contributed by atoms with E-state index in [0.717, 1.165) is 21.4 Å². The van der Waals surface area contributed by atoms with Crippen molar-refractivity contribution in [3.05, 3.63) is 34.3 Å². The van der Waals surface area contributed by atoms with Crippen molar-refractivity contribution in [1.82, 2.24) is 19.8 Å². The van der Waals surface area contributed by atoms with Crippen LogP contribution in [0.2, 0.25) is 0 Å². The van der Waals surface area contributed by atoms with Crippen LogP contribution in [0.5, 0.6) is 0 Å². The number of nitrogens with zero attached hydrogens (tertiary/aromatic N) is 4. The molecular weight excluding hydrogens is 307 g/mol. The molecule has 0 aliphatic carbocycles. The lowest BCUT2D eigenvalue weighted by Crippen LogP contribution is -1.89. The Morgan fingerprint density at radius 3 is 2.88 bits per heavy atom. The Balaban J connectivity index is 2.16. The van der Waals surface area contributed by atoms with Gasteiger partial charge in [0, 0.05) is 5.56 Å². The van der Waals surface area contributed by atoms with Gasteiger partial charge in [-0.1, -0.05) is 11.3 Å². The molecule has 86 valence electrons. The summed E-state index contributed by atoms with van der Waals surface area (Å²) < 4.78 is 15.2. The molecule has 4 nitrogen and oxygen atoms in total. The molecule has 0 atom stereocenters. The third kappa shape index (κ3) is 1.75. The standard InChI is InChI=1S/C10H6BrFN4S/c1-5-13-14-10-16(5)15-9(17-10)6-2-3-8(12)7(11)4-6/h2-4H,1H3. The van der Waals surface area contributed by atoms with E-state index in [-0.39, 0.29) is 5.82 Å². The van der Waals surface area contributed by atoms with E-state index in [1.54, 1.807) is 16.6 Å². The molecule has 0 bridgehead atoms. The van der Waals surface area contributed by atoms with Gasteiger partial charge in [-0.2, -0.15) is 9.61 Å². The molecule has 0 aliphatic rings. The van der Waals surface area contributed by atoms with E-state index >= 15 is 0 Å². The topological polar surface area (TPSA) is 43.1 Å². The zero-order valence-corrected chi connectivity index (χ0v) is 11.1. The molecular formula is C10H6BrFN4S. The summed E-state index contributed by atoms with van der Waals surface area (Å²) in [6.45, 7) is 1.84. The molecule has 7 heteroatoms. The Labute approximate surface area is 108 Å². The molecule has 0 amide bonds. The molecule has 0 unspecified atom stereocenters. The summed E-state index contributed by atoms with van der Waals surface area (Å²) in [4.78, 5) is 0.734. The average molecular weight is 313 g/mol. The Kier molecular flexibility index (Phi) is 2.44. The number of hydrogen-bond acceptors (Lipinski definition) is 4. The third-order valence-corrected chi connectivity index (χ3v) is 3.87. The minimum absolute atomic E-state index is 0.284. The minimum atomic E-state index is -0.284. The molecule has 2 aromatic heterocycles. The van der Waals surface area contributed by atoms with Gasteiger partial charge in [-0.15, -0.1) is 10.2 Å². The zero-order chi connectivity index (χ0) is 12.0. The highest BCUT2D eigenvalue weighted by molar-refractivity contribution is 9.10. The van der Waals surface area contributed by atoms with Gasteiger partial charge in [-0.3, -0.25) is 0 Å². The van der Waals surface area contributed by atoms with Crippen LogP contribution in [0.25, 0.3) is 15.5 Å². The van der Waals surface area contributed by atoms with Gasteiger partial charge in [-0.25, -0.2) is 4.39 Å². The SMILES string of the molecule is Cc1nnc2sc(-c3ccc(F)c(Br)c3)nn12. The Bertz CT molecular complexity index is 705. The van der Waals surface area contributed by atoms with Crippen LogP contribution >= 0.6 is 27.3 Å². The molecule has 2 heterocycles. The van der Waals surface area contributed by atoms with Crippen LogP contribution < -0.4 is 0 Å². The van der Waals surface area contributed by atoms with E-state index in [4.69, 9.17) is 0 Å². The molecule has 3 rings (SSSR count). The molecule has 0 aliphatic heterocycles. The van der Waals surface area contributed by atoms with Gasteiger partial charge in [0.05, 0.1) is 4.47 Å². The first-order valence-corrected chi connectivity index (χ1v) is 6.40. The van der Waals surface area contributed by atoms with E-state index in [1.165, 1.54) is 17.4 Å². The van der Waals surface area contributed by atoms with E-state index < -0.39 is 0 Å². The fraction of sp³-hybridized carbons (Fsp3) is 0.100. The molecule has 3 aromatic rings. The number of hydrogen-bond donors (Lipinski definition) is 0. The number of aryl methyl sites for hydroxylation is 1. The maximum absolute atomic E-state index is 13.1. The molecule has 1 aromatic carbocycles. The van der Waals surface area contributed by atoms with Crippen molar-refractivity contribution < 1.29 is 4.39 Å². The average Bonchev–Trinajstić information content (AvgIpc) is 2.86. The highest BCUT2D eigenvalue weighted by atomic mass is 79.9. The number of rotatable bonds is 1. The molecule has 17 heavy (non-hydrogen) atoms. The molecule has 0 spiro atoms. The Morgan fingerprint density at radius 1 is 1.35 bits per heavy atom. The number of benzene rings is 1. The first-order chi connectivity index (χ1) is 8.15. The van der Waals surface area contributed by atoms with Crippen molar-refractivity contribution in [1.29, 1.82) is 0 Å². The summed E-state index contributed by atoms with van der Waals surface area (Å²) in [5.41, 5.74) is 0.855. The van der Waals surface area contributed by atoms with Crippen molar-refractivity contribution in [2.24, 2.45) is 0 Å². The molecule has 0 saturated carbocycles. The van der Waals surface area contributed by atoms with Gasteiger partial charge in [0.2, 0.25) is 4.96 Å². The molecule has 0 N–H and O–H groups in total. The number of halogens is 2. The summed E-state index contributed by atoms with van der Waals surface area (Å²) in [5.74, 6) is 0.455. The first kappa shape index (κ1) is 10.8. The first-order valence-electron chi connectivity index (χ1n) is 4.79. The van der Waals surface area contributed by atoms with E-state index in [1.807, 2.05) is 6.92 Å².